The molecule has 3 rings (SSSR count). The zero-order valence-corrected chi connectivity index (χ0v) is 14.2. The van der Waals surface area contributed by atoms with Gasteiger partial charge in [-0.15, -0.1) is 0 Å². The molecule has 2 aromatic rings. The van der Waals surface area contributed by atoms with E-state index in [1.807, 2.05) is 4.90 Å². The van der Waals surface area contributed by atoms with Crippen molar-refractivity contribution < 1.29 is 18.7 Å². The molecule has 1 aliphatic rings. The number of nitrogens with one attached hydrogen (secondary N) is 1. The normalized spacial score (nSPS) is 20.5. The molecule has 0 radical (unpaired) electrons. The third-order valence-corrected chi connectivity index (χ3v) is 4.54. The molecule has 1 aliphatic heterocycles. The van der Waals surface area contributed by atoms with Crippen molar-refractivity contribution in [3.63, 3.8) is 0 Å². The standard InChI is InChI=1S/C18H22FN3O3/c1-24-18(12-25-16-5-3-14(19)4-6-16)7-2-8-22(11-18)17(23)9-15-10-20-13-21-15/h3-6,10,13H,2,7-9,11-12H2,1H3,(H,20,21)/t18-/m1/s1. The molecule has 2 heterocycles. The number of hydrogen-bond donors (Lipinski definition) is 1. The average molecular weight is 347 g/mol. The Morgan fingerprint density at radius 2 is 2.20 bits per heavy atom. The largest absolute Gasteiger partial charge is 0.491 e. The summed E-state index contributed by atoms with van der Waals surface area (Å²) in [6.45, 7) is 1.48. The molecule has 1 atom stereocenters. The van der Waals surface area contributed by atoms with Crippen LogP contribution in [0.1, 0.15) is 18.5 Å². The van der Waals surface area contributed by atoms with Gasteiger partial charge < -0.3 is 19.4 Å². The first-order chi connectivity index (χ1) is 12.1. The number of piperidine rings is 1. The number of amides is 1. The van der Waals surface area contributed by atoms with Gasteiger partial charge in [-0.2, -0.15) is 0 Å². The summed E-state index contributed by atoms with van der Waals surface area (Å²) in [5.74, 6) is 0.313. The van der Waals surface area contributed by atoms with Gasteiger partial charge in [0.25, 0.3) is 0 Å². The van der Waals surface area contributed by atoms with Crippen LogP contribution < -0.4 is 4.74 Å². The molecule has 134 valence electrons. The fourth-order valence-electron chi connectivity index (χ4n) is 3.06. The molecule has 0 saturated carbocycles. The molecule has 1 aromatic carbocycles. The van der Waals surface area contributed by atoms with Crippen molar-refractivity contribution in [3.8, 4) is 5.75 Å². The molecule has 1 fully saturated rings. The molecule has 1 amide bonds. The zero-order chi connectivity index (χ0) is 17.7. The van der Waals surface area contributed by atoms with E-state index in [0.717, 1.165) is 18.5 Å². The first kappa shape index (κ1) is 17.4. The summed E-state index contributed by atoms with van der Waals surface area (Å²) < 4.78 is 24.5. The highest BCUT2D eigenvalue weighted by molar-refractivity contribution is 5.78. The number of aromatic amines is 1. The van der Waals surface area contributed by atoms with Crippen LogP contribution >= 0.6 is 0 Å². The van der Waals surface area contributed by atoms with Crippen molar-refractivity contribution in [1.29, 1.82) is 0 Å². The van der Waals surface area contributed by atoms with Crippen molar-refractivity contribution in [2.45, 2.75) is 24.9 Å². The third kappa shape index (κ3) is 4.36. The number of nitrogens with zero attached hydrogens (tertiary/aromatic N) is 2. The summed E-state index contributed by atoms with van der Waals surface area (Å²) >= 11 is 0. The second-order valence-electron chi connectivity index (χ2n) is 6.30. The van der Waals surface area contributed by atoms with E-state index in [2.05, 4.69) is 9.97 Å². The third-order valence-electron chi connectivity index (χ3n) is 4.54. The van der Waals surface area contributed by atoms with Crippen molar-refractivity contribution >= 4 is 5.91 Å². The van der Waals surface area contributed by atoms with Crippen LogP contribution in [0.2, 0.25) is 0 Å². The van der Waals surface area contributed by atoms with Gasteiger partial charge in [-0.3, -0.25) is 4.79 Å². The monoisotopic (exact) mass is 347 g/mol. The van der Waals surface area contributed by atoms with Crippen LogP contribution in [0, 0.1) is 5.82 Å². The van der Waals surface area contributed by atoms with E-state index in [4.69, 9.17) is 9.47 Å². The number of benzene rings is 1. The van der Waals surface area contributed by atoms with Crippen LogP contribution in [0.3, 0.4) is 0 Å². The quantitative estimate of drug-likeness (QED) is 0.870. The molecular weight excluding hydrogens is 325 g/mol. The van der Waals surface area contributed by atoms with E-state index < -0.39 is 5.60 Å². The molecule has 1 N–H and O–H groups in total. The summed E-state index contributed by atoms with van der Waals surface area (Å²) in [4.78, 5) is 21.2. The van der Waals surface area contributed by atoms with Crippen LogP contribution in [-0.2, 0) is 16.0 Å². The van der Waals surface area contributed by atoms with Crippen LogP contribution in [0.4, 0.5) is 4.39 Å². The van der Waals surface area contributed by atoms with Crippen molar-refractivity contribution in [3.05, 3.63) is 48.3 Å². The molecule has 0 unspecified atom stereocenters. The molecule has 25 heavy (non-hydrogen) atoms. The van der Waals surface area contributed by atoms with Gasteiger partial charge in [0.05, 0.1) is 19.3 Å². The van der Waals surface area contributed by atoms with E-state index in [1.54, 1.807) is 31.8 Å². The van der Waals surface area contributed by atoms with Crippen molar-refractivity contribution in [2.24, 2.45) is 0 Å². The minimum atomic E-state index is -0.559. The lowest BCUT2D eigenvalue weighted by Gasteiger charge is -2.41. The number of methoxy groups -OCH3 is 1. The summed E-state index contributed by atoms with van der Waals surface area (Å²) in [5.41, 5.74) is 0.233. The lowest BCUT2D eigenvalue weighted by Crippen LogP contribution is -2.54. The number of H-pyrrole nitrogens is 1. The molecule has 6 nitrogen and oxygen atoms in total. The van der Waals surface area contributed by atoms with Gasteiger partial charge in [0.2, 0.25) is 5.91 Å². The van der Waals surface area contributed by atoms with Gasteiger partial charge in [-0.25, -0.2) is 9.37 Å². The molecule has 1 aromatic heterocycles. The average Bonchev–Trinajstić information content (AvgIpc) is 3.14. The first-order valence-corrected chi connectivity index (χ1v) is 8.29. The Hall–Kier alpha value is -2.41. The number of rotatable bonds is 6. The maximum absolute atomic E-state index is 13.0. The smallest absolute Gasteiger partial charge is 0.228 e. The summed E-state index contributed by atoms with van der Waals surface area (Å²) in [6, 6.07) is 5.89. The van der Waals surface area contributed by atoms with Gasteiger partial charge >= 0.3 is 0 Å². The predicted molar refractivity (Wildman–Crippen MR) is 89.7 cm³/mol. The number of carbonyl (C=O) groups excluding carboxylic acids is 1. The van der Waals surface area contributed by atoms with E-state index in [0.29, 0.717) is 31.9 Å². The van der Waals surface area contributed by atoms with Crippen molar-refractivity contribution in [1.82, 2.24) is 14.9 Å². The van der Waals surface area contributed by atoms with E-state index in [9.17, 15) is 9.18 Å². The van der Waals surface area contributed by atoms with E-state index in [1.165, 1.54) is 12.1 Å². The van der Waals surface area contributed by atoms with Gasteiger partial charge in [0.15, 0.2) is 0 Å². The predicted octanol–water partition coefficient (Wildman–Crippen LogP) is 2.18. The maximum atomic E-state index is 13.0. The Morgan fingerprint density at radius 3 is 2.88 bits per heavy atom. The number of aromatic nitrogens is 2. The van der Waals surface area contributed by atoms with Crippen LogP contribution in [0.5, 0.6) is 5.75 Å². The fraction of sp³-hybridized carbons (Fsp3) is 0.444. The molecule has 1 saturated heterocycles. The molecular formula is C18H22FN3O3. The number of carbonyl (C=O) groups is 1. The van der Waals surface area contributed by atoms with Gasteiger partial charge in [-0.1, -0.05) is 0 Å². The minimum Gasteiger partial charge on any atom is -0.491 e. The van der Waals surface area contributed by atoms with Crippen LogP contribution in [0.25, 0.3) is 0 Å². The Morgan fingerprint density at radius 1 is 1.40 bits per heavy atom. The van der Waals surface area contributed by atoms with Gasteiger partial charge in [0.1, 0.15) is 23.8 Å². The zero-order valence-electron chi connectivity index (χ0n) is 14.2. The van der Waals surface area contributed by atoms with Crippen LogP contribution in [-0.4, -0.2) is 53.2 Å². The highest BCUT2D eigenvalue weighted by Gasteiger charge is 2.38. The van der Waals surface area contributed by atoms with Crippen molar-refractivity contribution in [2.75, 3.05) is 26.8 Å². The van der Waals surface area contributed by atoms with Gasteiger partial charge in [-0.05, 0) is 37.1 Å². The maximum Gasteiger partial charge on any atom is 0.228 e. The molecule has 0 spiro atoms. The Bertz CT molecular complexity index is 690. The molecule has 7 heteroatoms. The lowest BCUT2D eigenvalue weighted by atomic mass is 9.93. The SMILES string of the molecule is CO[C@]1(COc2ccc(F)cc2)CCCN(C(=O)Cc2cnc[nH]2)C1. The molecule has 0 bridgehead atoms. The number of likely N-dealkylation sites (tertiary alicyclic amines) is 1. The number of halogens is 1. The summed E-state index contributed by atoms with van der Waals surface area (Å²) in [6.07, 6.45) is 5.16. The summed E-state index contributed by atoms with van der Waals surface area (Å²) in [5, 5.41) is 0. The highest BCUT2D eigenvalue weighted by atomic mass is 19.1. The Balaban J connectivity index is 1.61. The fourth-order valence-corrected chi connectivity index (χ4v) is 3.06. The topological polar surface area (TPSA) is 67.5 Å². The number of ether oxygens (including phenoxy) is 2. The minimum absolute atomic E-state index is 0.0344. The second-order valence-corrected chi connectivity index (χ2v) is 6.30. The Kier molecular flexibility index (Phi) is 5.33. The van der Waals surface area contributed by atoms with Gasteiger partial charge in [0, 0.05) is 25.5 Å². The summed E-state index contributed by atoms with van der Waals surface area (Å²) in [7, 11) is 1.64. The second kappa shape index (κ2) is 7.65. The highest BCUT2D eigenvalue weighted by Crippen LogP contribution is 2.26. The lowest BCUT2D eigenvalue weighted by molar-refractivity contribution is -0.142. The van der Waals surface area contributed by atoms with E-state index in [-0.39, 0.29) is 11.7 Å². The first-order valence-electron chi connectivity index (χ1n) is 8.29. The Labute approximate surface area is 146 Å². The number of imidazole rings is 1. The molecule has 0 aliphatic carbocycles. The number of hydrogen-bond acceptors (Lipinski definition) is 4. The van der Waals surface area contributed by atoms with Crippen LogP contribution in [0.15, 0.2) is 36.8 Å². The van der Waals surface area contributed by atoms with E-state index >= 15 is 0 Å².